The van der Waals surface area contributed by atoms with Crippen molar-refractivity contribution >= 4 is 0 Å². The fourth-order valence-corrected chi connectivity index (χ4v) is 1.88. The fraction of sp³-hybridized carbons (Fsp3) is 0.333. The normalized spacial score (nSPS) is 10.5. The topological polar surface area (TPSA) is 47.0 Å². The van der Waals surface area contributed by atoms with Crippen molar-refractivity contribution in [3.63, 3.8) is 0 Å². The van der Waals surface area contributed by atoms with Crippen molar-refractivity contribution in [3.05, 3.63) is 41.9 Å². The van der Waals surface area contributed by atoms with Gasteiger partial charge < -0.3 is 10.1 Å². The summed E-state index contributed by atoms with van der Waals surface area (Å²) in [6, 6.07) is 9.90. The average molecular weight is 257 g/mol. The SMILES string of the molecule is CCNCc1nc(C)cc(-c2cccc(OC)c2)n1. The summed E-state index contributed by atoms with van der Waals surface area (Å²) in [5.74, 6) is 1.65. The molecule has 0 spiro atoms. The third kappa shape index (κ3) is 3.51. The highest BCUT2D eigenvalue weighted by molar-refractivity contribution is 5.61. The van der Waals surface area contributed by atoms with Crippen LogP contribution in [-0.4, -0.2) is 23.6 Å². The number of benzene rings is 1. The number of ether oxygens (including phenoxy) is 1. The van der Waals surface area contributed by atoms with Crippen molar-refractivity contribution in [2.75, 3.05) is 13.7 Å². The Morgan fingerprint density at radius 3 is 2.79 bits per heavy atom. The lowest BCUT2D eigenvalue weighted by molar-refractivity contribution is 0.415. The molecule has 0 aliphatic heterocycles. The highest BCUT2D eigenvalue weighted by Gasteiger charge is 2.05. The molecular weight excluding hydrogens is 238 g/mol. The van der Waals surface area contributed by atoms with Crippen LogP contribution in [0.2, 0.25) is 0 Å². The molecule has 0 fully saturated rings. The Hall–Kier alpha value is -1.94. The van der Waals surface area contributed by atoms with Gasteiger partial charge in [0.05, 0.1) is 19.3 Å². The zero-order valence-electron chi connectivity index (χ0n) is 11.6. The number of nitrogens with zero attached hydrogens (tertiary/aromatic N) is 2. The Kier molecular flexibility index (Phi) is 4.47. The minimum Gasteiger partial charge on any atom is -0.497 e. The monoisotopic (exact) mass is 257 g/mol. The molecule has 0 bridgehead atoms. The van der Waals surface area contributed by atoms with Crippen molar-refractivity contribution < 1.29 is 4.74 Å². The molecule has 4 nitrogen and oxygen atoms in total. The summed E-state index contributed by atoms with van der Waals surface area (Å²) in [7, 11) is 1.67. The molecule has 0 unspecified atom stereocenters. The van der Waals surface area contributed by atoms with Gasteiger partial charge in [0.2, 0.25) is 0 Å². The number of hydrogen-bond donors (Lipinski definition) is 1. The fourth-order valence-electron chi connectivity index (χ4n) is 1.88. The van der Waals surface area contributed by atoms with E-state index >= 15 is 0 Å². The number of aromatic nitrogens is 2. The lowest BCUT2D eigenvalue weighted by Crippen LogP contribution is -2.15. The highest BCUT2D eigenvalue weighted by atomic mass is 16.5. The first-order chi connectivity index (χ1) is 9.22. The second-order valence-electron chi connectivity index (χ2n) is 4.32. The molecule has 19 heavy (non-hydrogen) atoms. The summed E-state index contributed by atoms with van der Waals surface area (Å²) in [6.45, 7) is 5.65. The lowest BCUT2D eigenvalue weighted by Gasteiger charge is -2.08. The lowest BCUT2D eigenvalue weighted by atomic mass is 10.1. The standard InChI is InChI=1S/C15H19N3O/c1-4-16-10-15-17-11(2)8-14(18-15)12-6-5-7-13(9-12)19-3/h5-9,16H,4,10H2,1-3H3. The summed E-state index contributed by atoms with van der Waals surface area (Å²) < 4.78 is 5.25. The number of methoxy groups -OCH3 is 1. The minimum absolute atomic E-state index is 0.690. The van der Waals surface area contributed by atoms with E-state index in [0.29, 0.717) is 6.54 Å². The molecule has 0 aliphatic rings. The second kappa shape index (κ2) is 6.29. The first kappa shape index (κ1) is 13.5. The van der Waals surface area contributed by atoms with Crippen LogP contribution in [0.15, 0.2) is 30.3 Å². The maximum Gasteiger partial charge on any atom is 0.143 e. The van der Waals surface area contributed by atoms with Crippen LogP contribution in [0.4, 0.5) is 0 Å². The summed E-state index contributed by atoms with van der Waals surface area (Å²) in [5.41, 5.74) is 2.95. The van der Waals surface area contributed by atoms with Crippen LogP contribution in [0.25, 0.3) is 11.3 Å². The molecule has 0 amide bonds. The summed E-state index contributed by atoms with van der Waals surface area (Å²) in [6.07, 6.45) is 0. The predicted molar refractivity (Wildman–Crippen MR) is 76.1 cm³/mol. The molecule has 1 aromatic heterocycles. The van der Waals surface area contributed by atoms with Gasteiger partial charge >= 0.3 is 0 Å². The Morgan fingerprint density at radius 1 is 1.21 bits per heavy atom. The van der Waals surface area contributed by atoms with Gasteiger partial charge in [-0.15, -0.1) is 0 Å². The molecule has 1 N–H and O–H groups in total. The van der Waals surface area contributed by atoms with E-state index in [1.165, 1.54) is 0 Å². The molecule has 0 aliphatic carbocycles. The molecule has 0 saturated carbocycles. The molecule has 4 heteroatoms. The maximum atomic E-state index is 5.25. The van der Waals surface area contributed by atoms with Crippen LogP contribution in [-0.2, 0) is 6.54 Å². The van der Waals surface area contributed by atoms with Gasteiger partial charge in [-0.05, 0) is 31.7 Å². The van der Waals surface area contributed by atoms with Gasteiger partial charge in [-0.2, -0.15) is 0 Å². The number of aryl methyl sites for hydroxylation is 1. The van der Waals surface area contributed by atoms with E-state index in [2.05, 4.69) is 22.2 Å². The van der Waals surface area contributed by atoms with E-state index in [1.807, 2.05) is 37.3 Å². The largest absolute Gasteiger partial charge is 0.497 e. The highest BCUT2D eigenvalue weighted by Crippen LogP contribution is 2.22. The van der Waals surface area contributed by atoms with E-state index in [-0.39, 0.29) is 0 Å². The van der Waals surface area contributed by atoms with Crippen LogP contribution < -0.4 is 10.1 Å². The van der Waals surface area contributed by atoms with E-state index in [1.54, 1.807) is 7.11 Å². The van der Waals surface area contributed by atoms with Crippen LogP contribution in [0, 0.1) is 6.92 Å². The molecule has 0 radical (unpaired) electrons. The maximum absolute atomic E-state index is 5.25. The van der Waals surface area contributed by atoms with Gasteiger partial charge in [0.15, 0.2) is 0 Å². The predicted octanol–water partition coefficient (Wildman–Crippen LogP) is 2.57. The molecular formula is C15H19N3O. The first-order valence-electron chi connectivity index (χ1n) is 6.42. The van der Waals surface area contributed by atoms with Crippen molar-refractivity contribution in [2.24, 2.45) is 0 Å². The van der Waals surface area contributed by atoms with Crippen LogP contribution in [0.3, 0.4) is 0 Å². The molecule has 0 saturated heterocycles. The third-order valence-corrected chi connectivity index (χ3v) is 2.80. The van der Waals surface area contributed by atoms with E-state index in [4.69, 9.17) is 4.74 Å². The Bertz CT molecular complexity index is 555. The van der Waals surface area contributed by atoms with Gasteiger partial charge in [-0.25, -0.2) is 9.97 Å². The van der Waals surface area contributed by atoms with Crippen molar-refractivity contribution in [3.8, 4) is 17.0 Å². The Morgan fingerprint density at radius 2 is 2.05 bits per heavy atom. The zero-order valence-corrected chi connectivity index (χ0v) is 11.6. The smallest absolute Gasteiger partial charge is 0.143 e. The molecule has 1 heterocycles. The second-order valence-corrected chi connectivity index (χ2v) is 4.32. The van der Waals surface area contributed by atoms with Gasteiger partial charge in [0, 0.05) is 11.3 Å². The Labute approximate surface area is 113 Å². The van der Waals surface area contributed by atoms with Gasteiger partial charge in [0.25, 0.3) is 0 Å². The Balaban J connectivity index is 2.34. The minimum atomic E-state index is 0.690. The van der Waals surface area contributed by atoms with Crippen molar-refractivity contribution in [1.82, 2.24) is 15.3 Å². The average Bonchev–Trinajstić information content (AvgIpc) is 2.44. The van der Waals surface area contributed by atoms with Gasteiger partial charge in [-0.3, -0.25) is 0 Å². The van der Waals surface area contributed by atoms with E-state index in [0.717, 1.165) is 35.1 Å². The number of rotatable bonds is 5. The van der Waals surface area contributed by atoms with Crippen LogP contribution in [0.1, 0.15) is 18.4 Å². The van der Waals surface area contributed by atoms with Gasteiger partial charge in [0.1, 0.15) is 11.6 Å². The van der Waals surface area contributed by atoms with Crippen LogP contribution in [0.5, 0.6) is 5.75 Å². The van der Waals surface area contributed by atoms with E-state index < -0.39 is 0 Å². The quantitative estimate of drug-likeness (QED) is 0.894. The molecule has 2 aromatic rings. The molecule has 2 rings (SSSR count). The van der Waals surface area contributed by atoms with Crippen molar-refractivity contribution in [1.29, 1.82) is 0 Å². The summed E-state index contributed by atoms with van der Waals surface area (Å²) >= 11 is 0. The summed E-state index contributed by atoms with van der Waals surface area (Å²) in [5, 5.41) is 3.24. The molecule has 1 aromatic carbocycles. The van der Waals surface area contributed by atoms with Crippen LogP contribution >= 0.6 is 0 Å². The third-order valence-electron chi connectivity index (χ3n) is 2.80. The zero-order chi connectivity index (χ0) is 13.7. The molecule has 100 valence electrons. The van der Waals surface area contributed by atoms with E-state index in [9.17, 15) is 0 Å². The number of nitrogens with one attached hydrogen (secondary N) is 1. The number of hydrogen-bond acceptors (Lipinski definition) is 4. The van der Waals surface area contributed by atoms with Gasteiger partial charge in [-0.1, -0.05) is 19.1 Å². The first-order valence-corrected chi connectivity index (χ1v) is 6.42. The van der Waals surface area contributed by atoms with Crippen molar-refractivity contribution in [2.45, 2.75) is 20.4 Å². The summed E-state index contributed by atoms with van der Waals surface area (Å²) in [4.78, 5) is 9.02. The molecule has 0 atom stereocenters.